The van der Waals surface area contributed by atoms with Gasteiger partial charge in [-0.15, -0.1) is 0 Å². The average Bonchev–Trinajstić information content (AvgIpc) is 2.40. The summed E-state index contributed by atoms with van der Waals surface area (Å²) in [6.07, 6.45) is 4.67. The summed E-state index contributed by atoms with van der Waals surface area (Å²) in [5.41, 5.74) is 1.94. The van der Waals surface area contributed by atoms with Gasteiger partial charge in [-0.25, -0.2) is 0 Å². The summed E-state index contributed by atoms with van der Waals surface area (Å²) in [5, 5.41) is 6.49. The van der Waals surface area contributed by atoms with Crippen LogP contribution in [0, 0.1) is 12.8 Å². The third-order valence-corrected chi connectivity index (χ3v) is 3.79. The summed E-state index contributed by atoms with van der Waals surface area (Å²) < 4.78 is 0. The third-order valence-electron chi connectivity index (χ3n) is 3.79. The maximum Gasteiger partial charge on any atom is 0.224 e. The Morgan fingerprint density at radius 1 is 1.53 bits per heavy atom. The van der Waals surface area contributed by atoms with Gasteiger partial charge in [-0.2, -0.15) is 0 Å². The summed E-state index contributed by atoms with van der Waals surface area (Å²) in [6.45, 7) is 5.97. The molecule has 1 aliphatic heterocycles. The van der Waals surface area contributed by atoms with Crippen LogP contribution in [0.15, 0.2) is 18.3 Å². The lowest BCUT2D eigenvalue weighted by molar-refractivity contribution is -0.120. The minimum Gasteiger partial charge on any atom is -0.354 e. The molecule has 0 spiro atoms. The van der Waals surface area contributed by atoms with Crippen LogP contribution in [-0.4, -0.2) is 30.0 Å². The number of aryl methyl sites for hydroxylation is 1. The van der Waals surface area contributed by atoms with Gasteiger partial charge in [0.05, 0.1) is 6.42 Å². The van der Waals surface area contributed by atoms with E-state index in [2.05, 4.69) is 22.5 Å². The number of aromatic nitrogens is 1. The van der Waals surface area contributed by atoms with Gasteiger partial charge in [0.1, 0.15) is 0 Å². The Hall–Kier alpha value is -1.42. The second-order valence-electron chi connectivity index (χ2n) is 5.47. The normalized spacial score (nSPS) is 23.1. The molecule has 4 nitrogen and oxygen atoms in total. The lowest BCUT2D eigenvalue weighted by Crippen LogP contribution is -2.48. The fourth-order valence-electron chi connectivity index (χ4n) is 2.46. The van der Waals surface area contributed by atoms with Gasteiger partial charge in [0.25, 0.3) is 0 Å². The zero-order chi connectivity index (χ0) is 13.7. The topological polar surface area (TPSA) is 54.0 Å². The molecule has 19 heavy (non-hydrogen) atoms. The fourth-order valence-corrected chi connectivity index (χ4v) is 2.46. The zero-order valence-electron chi connectivity index (χ0n) is 11.8. The molecule has 2 unspecified atom stereocenters. The Labute approximate surface area is 115 Å². The molecule has 1 fully saturated rings. The van der Waals surface area contributed by atoms with Crippen LogP contribution in [0.1, 0.15) is 31.0 Å². The molecule has 2 rings (SSSR count). The van der Waals surface area contributed by atoms with Crippen LogP contribution < -0.4 is 10.6 Å². The number of carbonyl (C=O) groups is 1. The molecule has 1 aromatic heterocycles. The van der Waals surface area contributed by atoms with Gasteiger partial charge < -0.3 is 10.6 Å². The third kappa shape index (κ3) is 4.31. The summed E-state index contributed by atoms with van der Waals surface area (Å²) in [5.74, 6) is 0.709. The van der Waals surface area contributed by atoms with Crippen LogP contribution >= 0.6 is 0 Å². The minimum absolute atomic E-state index is 0.0743. The standard InChI is InChI=1S/C15H23N3O/c1-11-4-3-7-16-14(11)10-18-15(19)8-13-6-5-12(2)17-9-13/h5-6,9,11,14,16H,3-4,7-8,10H2,1-2H3,(H,18,19). The Bertz CT molecular complexity index is 416. The van der Waals surface area contributed by atoms with Crippen molar-refractivity contribution in [3.63, 3.8) is 0 Å². The zero-order valence-corrected chi connectivity index (χ0v) is 11.8. The van der Waals surface area contributed by atoms with Gasteiger partial charge in [0, 0.05) is 24.5 Å². The van der Waals surface area contributed by atoms with Gasteiger partial charge >= 0.3 is 0 Å². The maximum atomic E-state index is 11.9. The van der Waals surface area contributed by atoms with Gasteiger partial charge in [-0.1, -0.05) is 13.0 Å². The molecule has 0 saturated carbocycles. The molecule has 0 bridgehead atoms. The van der Waals surface area contributed by atoms with E-state index >= 15 is 0 Å². The summed E-state index contributed by atoms with van der Waals surface area (Å²) in [7, 11) is 0. The Morgan fingerprint density at radius 2 is 2.37 bits per heavy atom. The van der Waals surface area contributed by atoms with Crippen molar-refractivity contribution in [2.75, 3.05) is 13.1 Å². The van der Waals surface area contributed by atoms with Crippen LogP contribution in [-0.2, 0) is 11.2 Å². The molecule has 0 aliphatic carbocycles. The first-order valence-corrected chi connectivity index (χ1v) is 7.07. The first kappa shape index (κ1) is 14.0. The molecule has 1 aromatic rings. The van der Waals surface area contributed by atoms with Gasteiger partial charge in [0.15, 0.2) is 0 Å². The fraction of sp³-hybridized carbons (Fsp3) is 0.600. The number of piperidine rings is 1. The van der Waals surface area contributed by atoms with E-state index in [1.807, 2.05) is 19.1 Å². The first-order valence-electron chi connectivity index (χ1n) is 7.07. The van der Waals surface area contributed by atoms with E-state index in [0.717, 1.165) is 24.3 Å². The molecular formula is C15H23N3O. The number of rotatable bonds is 4. The number of nitrogens with zero attached hydrogens (tertiary/aromatic N) is 1. The van der Waals surface area contributed by atoms with Crippen molar-refractivity contribution >= 4 is 5.91 Å². The molecule has 104 valence electrons. The van der Waals surface area contributed by atoms with Crippen molar-refractivity contribution in [3.05, 3.63) is 29.6 Å². The SMILES string of the molecule is Cc1ccc(CC(=O)NCC2NCCCC2C)cn1. The molecule has 0 aromatic carbocycles. The van der Waals surface area contributed by atoms with Crippen LogP contribution in [0.4, 0.5) is 0 Å². The number of nitrogens with one attached hydrogen (secondary N) is 2. The average molecular weight is 261 g/mol. The number of amides is 1. The van der Waals surface area contributed by atoms with Crippen LogP contribution in [0.3, 0.4) is 0 Å². The molecule has 1 saturated heterocycles. The number of hydrogen-bond acceptors (Lipinski definition) is 3. The Balaban J connectivity index is 1.76. The van der Waals surface area contributed by atoms with Crippen LogP contribution in [0.5, 0.6) is 0 Å². The van der Waals surface area contributed by atoms with E-state index in [1.165, 1.54) is 12.8 Å². The molecule has 2 N–H and O–H groups in total. The highest BCUT2D eigenvalue weighted by atomic mass is 16.1. The van der Waals surface area contributed by atoms with Crippen molar-refractivity contribution in [2.45, 2.75) is 39.2 Å². The highest BCUT2D eigenvalue weighted by Gasteiger charge is 2.20. The van der Waals surface area contributed by atoms with E-state index in [9.17, 15) is 4.79 Å². The molecule has 1 amide bonds. The first-order chi connectivity index (χ1) is 9.15. The van der Waals surface area contributed by atoms with Crippen molar-refractivity contribution in [3.8, 4) is 0 Å². The minimum atomic E-state index is 0.0743. The molecule has 0 radical (unpaired) electrons. The van der Waals surface area contributed by atoms with E-state index in [1.54, 1.807) is 6.20 Å². The summed E-state index contributed by atoms with van der Waals surface area (Å²) in [4.78, 5) is 16.1. The highest BCUT2D eigenvalue weighted by molar-refractivity contribution is 5.78. The van der Waals surface area contributed by atoms with Crippen molar-refractivity contribution < 1.29 is 4.79 Å². The number of hydrogen-bond donors (Lipinski definition) is 2. The van der Waals surface area contributed by atoms with E-state index < -0.39 is 0 Å². The molecule has 1 aliphatic rings. The van der Waals surface area contributed by atoms with Crippen molar-refractivity contribution in [1.29, 1.82) is 0 Å². The number of carbonyl (C=O) groups excluding carboxylic acids is 1. The van der Waals surface area contributed by atoms with Crippen LogP contribution in [0.2, 0.25) is 0 Å². The Morgan fingerprint density at radius 3 is 3.05 bits per heavy atom. The van der Waals surface area contributed by atoms with Crippen LogP contribution in [0.25, 0.3) is 0 Å². The lowest BCUT2D eigenvalue weighted by atomic mass is 9.93. The molecular weight excluding hydrogens is 238 g/mol. The summed E-state index contributed by atoms with van der Waals surface area (Å²) >= 11 is 0. The Kier molecular flexibility index (Phi) is 4.91. The second-order valence-corrected chi connectivity index (χ2v) is 5.47. The van der Waals surface area contributed by atoms with Crippen molar-refractivity contribution in [1.82, 2.24) is 15.6 Å². The van der Waals surface area contributed by atoms with E-state index in [0.29, 0.717) is 18.4 Å². The summed E-state index contributed by atoms with van der Waals surface area (Å²) in [6, 6.07) is 4.31. The second kappa shape index (κ2) is 6.66. The van der Waals surface area contributed by atoms with E-state index in [4.69, 9.17) is 0 Å². The smallest absolute Gasteiger partial charge is 0.224 e. The predicted molar refractivity (Wildman–Crippen MR) is 75.9 cm³/mol. The van der Waals surface area contributed by atoms with Crippen molar-refractivity contribution in [2.24, 2.45) is 5.92 Å². The molecule has 2 atom stereocenters. The molecule has 2 heterocycles. The maximum absolute atomic E-state index is 11.9. The quantitative estimate of drug-likeness (QED) is 0.862. The van der Waals surface area contributed by atoms with Gasteiger partial charge in [-0.3, -0.25) is 9.78 Å². The van der Waals surface area contributed by atoms with E-state index in [-0.39, 0.29) is 5.91 Å². The number of pyridine rings is 1. The lowest BCUT2D eigenvalue weighted by Gasteiger charge is -2.30. The highest BCUT2D eigenvalue weighted by Crippen LogP contribution is 2.14. The van der Waals surface area contributed by atoms with Gasteiger partial charge in [0.2, 0.25) is 5.91 Å². The predicted octanol–water partition coefficient (Wildman–Crippen LogP) is 1.44. The monoisotopic (exact) mass is 261 g/mol. The largest absolute Gasteiger partial charge is 0.354 e. The molecule has 4 heteroatoms. The van der Waals surface area contributed by atoms with Gasteiger partial charge in [-0.05, 0) is 43.9 Å².